The van der Waals surface area contributed by atoms with Crippen molar-refractivity contribution in [3.8, 4) is 0 Å². The number of benzene rings is 1. The van der Waals surface area contributed by atoms with Crippen LogP contribution in [0.4, 0.5) is 5.69 Å². The molecule has 0 spiro atoms. The minimum Gasteiger partial charge on any atom is -0.399 e. The first-order chi connectivity index (χ1) is 8.16. The highest BCUT2D eigenvalue weighted by Crippen LogP contribution is 2.18. The summed E-state index contributed by atoms with van der Waals surface area (Å²) in [4.78, 5) is 11.8. The largest absolute Gasteiger partial charge is 0.399 e. The summed E-state index contributed by atoms with van der Waals surface area (Å²) in [6.07, 6.45) is 3.36. The van der Waals surface area contributed by atoms with Gasteiger partial charge in [0.05, 0.1) is 16.8 Å². The van der Waals surface area contributed by atoms with Crippen LogP contribution >= 0.6 is 11.6 Å². The third-order valence-corrected chi connectivity index (χ3v) is 2.56. The summed E-state index contributed by atoms with van der Waals surface area (Å²) >= 11 is 5.93. The average Bonchev–Trinajstić information content (AvgIpc) is 2.78. The van der Waals surface area contributed by atoms with Crippen LogP contribution in [0.3, 0.4) is 0 Å². The van der Waals surface area contributed by atoms with E-state index < -0.39 is 0 Å². The number of carbonyl (C=O) groups is 1. The monoisotopic (exact) mass is 250 g/mol. The molecule has 17 heavy (non-hydrogen) atoms. The van der Waals surface area contributed by atoms with Gasteiger partial charge in [0, 0.05) is 24.0 Å². The van der Waals surface area contributed by atoms with Crippen LogP contribution in [0.2, 0.25) is 5.02 Å². The molecule has 0 aliphatic heterocycles. The first-order valence-corrected chi connectivity index (χ1v) is 5.35. The van der Waals surface area contributed by atoms with Gasteiger partial charge in [0.1, 0.15) is 0 Å². The summed E-state index contributed by atoms with van der Waals surface area (Å²) in [5.74, 6) is -0.240. The summed E-state index contributed by atoms with van der Waals surface area (Å²) in [5.41, 5.74) is 7.38. The van der Waals surface area contributed by atoms with Crippen molar-refractivity contribution in [2.75, 3.05) is 5.73 Å². The lowest BCUT2D eigenvalue weighted by atomic mass is 10.2. The van der Waals surface area contributed by atoms with E-state index in [0.29, 0.717) is 22.8 Å². The molecule has 2 aromatic rings. The zero-order chi connectivity index (χ0) is 12.3. The van der Waals surface area contributed by atoms with Crippen LogP contribution in [-0.4, -0.2) is 16.1 Å². The van der Waals surface area contributed by atoms with Crippen molar-refractivity contribution in [3.63, 3.8) is 0 Å². The summed E-state index contributed by atoms with van der Waals surface area (Å²) in [7, 11) is 0. The Morgan fingerprint density at radius 1 is 1.53 bits per heavy atom. The Morgan fingerprint density at radius 3 is 3.00 bits per heavy atom. The minimum absolute atomic E-state index is 0.240. The van der Waals surface area contributed by atoms with Gasteiger partial charge in [0.15, 0.2) is 0 Å². The molecular weight excluding hydrogens is 240 g/mol. The van der Waals surface area contributed by atoms with E-state index in [-0.39, 0.29) is 5.91 Å². The molecule has 0 atom stereocenters. The molecule has 0 unspecified atom stereocenters. The summed E-state index contributed by atoms with van der Waals surface area (Å²) in [6, 6.07) is 4.79. The Morgan fingerprint density at radius 2 is 2.35 bits per heavy atom. The lowest BCUT2D eigenvalue weighted by Gasteiger charge is -2.06. The molecule has 1 aromatic carbocycles. The van der Waals surface area contributed by atoms with E-state index in [2.05, 4.69) is 15.5 Å². The summed E-state index contributed by atoms with van der Waals surface area (Å²) < 4.78 is 0. The number of hydrogen-bond acceptors (Lipinski definition) is 3. The quantitative estimate of drug-likeness (QED) is 0.723. The molecule has 0 radical (unpaired) electrons. The molecule has 1 amide bonds. The molecule has 0 aliphatic carbocycles. The van der Waals surface area contributed by atoms with E-state index in [1.54, 1.807) is 30.6 Å². The van der Waals surface area contributed by atoms with Crippen LogP contribution in [0.1, 0.15) is 15.9 Å². The van der Waals surface area contributed by atoms with Crippen LogP contribution in [0.15, 0.2) is 30.6 Å². The maximum atomic E-state index is 11.8. The molecule has 2 rings (SSSR count). The Hall–Kier alpha value is -2.01. The number of amides is 1. The fraction of sp³-hybridized carbons (Fsp3) is 0.0909. The molecular formula is C11H11ClN4O. The van der Waals surface area contributed by atoms with Gasteiger partial charge in [0.25, 0.3) is 5.91 Å². The first kappa shape index (κ1) is 11.5. The number of halogens is 1. The topological polar surface area (TPSA) is 83.8 Å². The van der Waals surface area contributed by atoms with E-state index in [1.165, 1.54) is 0 Å². The number of aromatic amines is 1. The Bertz CT molecular complexity index is 524. The first-order valence-electron chi connectivity index (χ1n) is 4.97. The van der Waals surface area contributed by atoms with Gasteiger partial charge in [-0.3, -0.25) is 9.89 Å². The van der Waals surface area contributed by atoms with Crippen LogP contribution < -0.4 is 11.1 Å². The number of H-pyrrole nitrogens is 1. The van der Waals surface area contributed by atoms with Crippen LogP contribution in [0.25, 0.3) is 0 Å². The fourth-order valence-electron chi connectivity index (χ4n) is 1.37. The summed E-state index contributed by atoms with van der Waals surface area (Å²) in [6.45, 7) is 0.399. The highest BCUT2D eigenvalue weighted by Gasteiger charge is 2.10. The zero-order valence-electron chi connectivity index (χ0n) is 8.90. The number of nitrogens with one attached hydrogen (secondary N) is 2. The van der Waals surface area contributed by atoms with E-state index in [1.807, 2.05) is 0 Å². The lowest BCUT2D eigenvalue weighted by molar-refractivity contribution is 0.0951. The van der Waals surface area contributed by atoms with Crippen molar-refractivity contribution in [2.24, 2.45) is 0 Å². The molecule has 0 saturated carbocycles. The number of rotatable bonds is 3. The maximum absolute atomic E-state index is 11.8. The minimum atomic E-state index is -0.240. The van der Waals surface area contributed by atoms with E-state index >= 15 is 0 Å². The molecule has 5 nitrogen and oxygen atoms in total. The number of anilines is 1. The van der Waals surface area contributed by atoms with Crippen molar-refractivity contribution in [1.82, 2.24) is 15.5 Å². The Labute approximate surface area is 103 Å². The van der Waals surface area contributed by atoms with Gasteiger partial charge in [-0.2, -0.15) is 5.10 Å². The lowest BCUT2D eigenvalue weighted by Crippen LogP contribution is -2.22. The van der Waals surface area contributed by atoms with E-state index in [9.17, 15) is 4.79 Å². The van der Waals surface area contributed by atoms with Gasteiger partial charge in [0.2, 0.25) is 0 Å². The van der Waals surface area contributed by atoms with Crippen LogP contribution in [0, 0.1) is 0 Å². The molecule has 0 fully saturated rings. The fourth-order valence-corrected chi connectivity index (χ4v) is 1.64. The average molecular weight is 251 g/mol. The molecule has 4 N–H and O–H groups in total. The van der Waals surface area contributed by atoms with Crippen molar-refractivity contribution in [2.45, 2.75) is 6.54 Å². The second-order valence-electron chi connectivity index (χ2n) is 3.53. The van der Waals surface area contributed by atoms with Crippen LogP contribution in [-0.2, 0) is 6.54 Å². The number of hydrogen-bond donors (Lipinski definition) is 3. The van der Waals surface area contributed by atoms with Gasteiger partial charge < -0.3 is 11.1 Å². The third-order valence-electron chi connectivity index (χ3n) is 2.25. The van der Waals surface area contributed by atoms with Gasteiger partial charge in [-0.25, -0.2) is 0 Å². The van der Waals surface area contributed by atoms with Crippen molar-refractivity contribution in [1.29, 1.82) is 0 Å². The predicted octanol–water partition coefficient (Wildman–Crippen LogP) is 1.58. The number of nitrogens with zero attached hydrogens (tertiary/aromatic N) is 1. The smallest absolute Gasteiger partial charge is 0.253 e. The van der Waals surface area contributed by atoms with Gasteiger partial charge in [-0.05, 0) is 18.2 Å². The number of carbonyl (C=O) groups excluding carboxylic acids is 1. The summed E-state index contributed by atoms with van der Waals surface area (Å²) in [5, 5.41) is 9.53. The third kappa shape index (κ3) is 2.76. The second kappa shape index (κ2) is 4.88. The number of aromatic nitrogens is 2. The molecule has 6 heteroatoms. The molecule has 0 saturated heterocycles. The van der Waals surface area contributed by atoms with Crippen molar-refractivity contribution >= 4 is 23.2 Å². The SMILES string of the molecule is Nc1ccc(C(=O)NCc2cn[nH]c2)c(Cl)c1. The number of nitrogen functional groups attached to an aromatic ring is 1. The Balaban J connectivity index is 2.04. The molecule has 1 aromatic heterocycles. The predicted molar refractivity (Wildman–Crippen MR) is 65.6 cm³/mol. The maximum Gasteiger partial charge on any atom is 0.253 e. The zero-order valence-corrected chi connectivity index (χ0v) is 9.66. The highest BCUT2D eigenvalue weighted by atomic mass is 35.5. The van der Waals surface area contributed by atoms with Gasteiger partial charge in [-0.1, -0.05) is 11.6 Å². The van der Waals surface area contributed by atoms with E-state index in [0.717, 1.165) is 5.56 Å². The van der Waals surface area contributed by atoms with Crippen molar-refractivity contribution in [3.05, 3.63) is 46.7 Å². The normalized spacial score (nSPS) is 10.2. The standard InChI is InChI=1S/C11H11ClN4O/c12-10-3-8(13)1-2-9(10)11(17)14-4-7-5-15-16-6-7/h1-3,5-6H,4,13H2,(H,14,17)(H,15,16). The van der Waals surface area contributed by atoms with Crippen molar-refractivity contribution < 1.29 is 4.79 Å². The van der Waals surface area contributed by atoms with Crippen LogP contribution in [0.5, 0.6) is 0 Å². The van der Waals surface area contributed by atoms with Gasteiger partial charge in [-0.15, -0.1) is 0 Å². The van der Waals surface area contributed by atoms with E-state index in [4.69, 9.17) is 17.3 Å². The molecule has 0 bridgehead atoms. The molecule has 0 aliphatic rings. The Kier molecular flexibility index (Phi) is 3.30. The second-order valence-corrected chi connectivity index (χ2v) is 3.94. The highest BCUT2D eigenvalue weighted by molar-refractivity contribution is 6.34. The van der Waals surface area contributed by atoms with Gasteiger partial charge >= 0.3 is 0 Å². The molecule has 1 heterocycles. The molecule has 88 valence electrons. The number of nitrogens with two attached hydrogens (primary N) is 1.